The third kappa shape index (κ3) is 6.41. The van der Waals surface area contributed by atoms with Gasteiger partial charge in [-0.3, -0.25) is 4.79 Å². The van der Waals surface area contributed by atoms with Gasteiger partial charge < -0.3 is 24.5 Å². The van der Waals surface area contributed by atoms with E-state index in [0.29, 0.717) is 35.1 Å². The maximum absolute atomic E-state index is 12.6. The Balaban J connectivity index is 1.49. The molecule has 188 valence electrons. The van der Waals surface area contributed by atoms with Crippen LogP contribution in [0.2, 0.25) is 0 Å². The van der Waals surface area contributed by atoms with Crippen molar-refractivity contribution in [2.75, 3.05) is 18.5 Å². The average Bonchev–Trinajstić information content (AvgIpc) is 3.32. The number of nitrogens with one attached hydrogen (secondary N) is 2. The highest BCUT2D eigenvalue weighted by Crippen LogP contribution is 2.31. The van der Waals surface area contributed by atoms with Gasteiger partial charge in [0, 0.05) is 0 Å². The van der Waals surface area contributed by atoms with Gasteiger partial charge in [-0.2, -0.15) is 14.0 Å². The van der Waals surface area contributed by atoms with E-state index < -0.39 is 19.1 Å². The second kappa shape index (κ2) is 11.7. The fraction of sp³-hybridized carbons (Fsp3) is 0.148. The third-order valence-electron chi connectivity index (χ3n) is 5.08. The average molecular weight is 504 g/mol. The first-order chi connectivity index (χ1) is 18.0. The van der Waals surface area contributed by atoms with Crippen molar-refractivity contribution in [3.8, 4) is 23.3 Å². The van der Waals surface area contributed by atoms with Gasteiger partial charge >= 0.3 is 6.61 Å². The number of nitriles is 1. The summed E-state index contributed by atoms with van der Waals surface area (Å²) in [4.78, 5) is 20.0. The highest BCUT2D eigenvalue weighted by atomic mass is 19.3. The molecule has 4 aromatic rings. The molecule has 0 spiro atoms. The number of amides is 1. The predicted octanol–water partition coefficient (Wildman–Crippen LogP) is 5.64. The number of H-pyrrole nitrogens is 1. The van der Waals surface area contributed by atoms with Gasteiger partial charge in [0.05, 0.1) is 28.9 Å². The number of ether oxygens (including phenoxy) is 3. The molecule has 0 unspecified atom stereocenters. The Morgan fingerprint density at radius 2 is 1.86 bits per heavy atom. The largest absolute Gasteiger partial charge is 0.490 e. The number of alkyl halides is 2. The number of carbonyl (C=O) groups excluding carboxylic acids is 1. The van der Waals surface area contributed by atoms with E-state index in [4.69, 9.17) is 9.47 Å². The van der Waals surface area contributed by atoms with E-state index in [-0.39, 0.29) is 11.4 Å². The number of allylic oxidation sites excluding steroid dienone is 1. The second-order valence-electron chi connectivity index (χ2n) is 7.62. The molecule has 1 heterocycles. The Hall–Kier alpha value is -4.91. The number of aromatic amines is 1. The van der Waals surface area contributed by atoms with Crippen molar-refractivity contribution in [3.63, 3.8) is 0 Å². The molecule has 0 saturated heterocycles. The Morgan fingerprint density at radius 1 is 1.08 bits per heavy atom. The fourth-order valence-corrected chi connectivity index (χ4v) is 3.50. The van der Waals surface area contributed by atoms with Crippen molar-refractivity contribution in [3.05, 3.63) is 78.1 Å². The number of halogens is 2. The zero-order valence-electron chi connectivity index (χ0n) is 19.7. The molecule has 0 radical (unpaired) electrons. The van der Waals surface area contributed by atoms with Crippen molar-refractivity contribution >= 4 is 34.3 Å². The van der Waals surface area contributed by atoms with Crippen molar-refractivity contribution in [1.29, 1.82) is 5.26 Å². The molecule has 0 fully saturated rings. The first-order valence-corrected chi connectivity index (χ1v) is 11.3. The molecule has 1 amide bonds. The maximum Gasteiger partial charge on any atom is 0.387 e. The van der Waals surface area contributed by atoms with Crippen LogP contribution in [0.3, 0.4) is 0 Å². The molecule has 1 aromatic heterocycles. The summed E-state index contributed by atoms with van der Waals surface area (Å²) in [6, 6.07) is 20.5. The zero-order valence-corrected chi connectivity index (χ0v) is 19.7. The number of hydrogen-bond acceptors (Lipinski definition) is 6. The number of imidazole rings is 1. The lowest BCUT2D eigenvalue weighted by molar-refractivity contribution is -0.118. The van der Waals surface area contributed by atoms with Gasteiger partial charge in [0.25, 0.3) is 5.91 Å². The van der Waals surface area contributed by atoms with Gasteiger partial charge in [0.15, 0.2) is 18.1 Å². The number of benzene rings is 3. The van der Waals surface area contributed by atoms with Crippen molar-refractivity contribution < 1.29 is 27.8 Å². The maximum atomic E-state index is 12.6. The van der Waals surface area contributed by atoms with E-state index in [1.54, 1.807) is 37.3 Å². The van der Waals surface area contributed by atoms with E-state index in [1.165, 1.54) is 18.2 Å². The van der Waals surface area contributed by atoms with Crippen LogP contribution in [0, 0.1) is 11.3 Å². The minimum atomic E-state index is -3.02. The van der Waals surface area contributed by atoms with Crippen molar-refractivity contribution in [1.82, 2.24) is 9.97 Å². The summed E-state index contributed by atoms with van der Waals surface area (Å²) in [5.74, 6) is 0.374. The van der Waals surface area contributed by atoms with Crippen LogP contribution in [0.4, 0.5) is 14.5 Å². The molecule has 0 aliphatic heterocycles. The van der Waals surface area contributed by atoms with Crippen LogP contribution in [0.1, 0.15) is 18.3 Å². The van der Waals surface area contributed by atoms with E-state index in [0.717, 1.165) is 11.0 Å². The predicted molar refractivity (Wildman–Crippen MR) is 134 cm³/mol. The highest BCUT2D eigenvalue weighted by Gasteiger charge is 2.14. The molecule has 0 aliphatic rings. The molecule has 0 saturated carbocycles. The molecule has 10 heteroatoms. The van der Waals surface area contributed by atoms with Crippen LogP contribution in [-0.2, 0) is 4.79 Å². The first kappa shape index (κ1) is 25.2. The van der Waals surface area contributed by atoms with Crippen molar-refractivity contribution in [2.24, 2.45) is 0 Å². The second-order valence-corrected chi connectivity index (χ2v) is 7.62. The minimum absolute atomic E-state index is 0.0940. The summed E-state index contributed by atoms with van der Waals surface area (Å²) in [5.41, 5.74) is 2.65. The zero-order chi connectivity index (χ0) is 26.2. The van der Waals surface area contributed by atoms with Gasteiger partial charge in [0.1, 0.15) is 17.6 Å². The van der Waals surface area contributed by atoms with E-state index in [1.807, 2.05) is 24.3 Å². The Kier molecular flexibility index (Phi) is 7.95. The van der Waals surface area contributed by atoms with Crippen LogP contribution >= 0.6 is 0 Å². The van der Waals surface area contributed by atoms with Gasteiger partial charge in [-0.15, -0.1) is 0 Å². The molecule has 37 heavy (non-hydrogen) atoms. The van der Waals surface area contributed by atoms with Gasteiger partial charge in [0.2, 0.25) is 0 Å². The molecule has 2 N–H and O–H groups in total. The topological polar surface area (TPSA) is 109 Å². The minimum Gasteiger partial charge on any atom is -0.490 e. The Bertz CT molecular complexity index is 1440. The molecular formula is C27H22F2N4O4. The van der Waals surface area contributed by atoms with Crippen LogP contribution < -0.4 is 19.5 Å². The van der Waals surface area contributed by atoms with Gasteiger partial charge in [-0.1, -0.05) is 30.3 Å². The standard InChI is InChI=1S/C27H22F2N4O4/c1-2-35-24-14-17(13-18(15-30)26-32-19-7-3-4-8-20(19)33-26)11-12-23(24)36-16-25(34)31-21-9-5-6-10-22(21)37-27(28)29/h3-14,27H,2,16H2,1H3,(H,31,34)(H,32,33)/b18-13+. The highest BCUT2D eigenvalue weighted by molar-refractivity contribution is 5.93. The monoisotopic (exact) mass is 504 g/mol. The van der Waals surface area contributed by atoms with E-state index in [2.05, 4.69) is 26.1 Å². The lowest BCUT2D eigenvalue weighted by atomic mass is 10.1. The molecule has 0 aliphatic carbocycles. The smallest absolute Gasteiger partial charge is 0.387 e. The number of nitrogens with zero attached hydrogens (tertiary/aromatic N) is 2. The van der Waals surface area contributed by atoms with Gasteiger partial charge in [-0.25, -0.2) is 4.98 Å². The summed E-state index contributed by atoms with van der Waals surface area (Å²) in [6.45, 7) is -1.29. The first-order valence-electron chi connectivity index (χ1n) is 11.3. The lowest BCUT2D eigenvalue weighted by Gasteiger charge is -2.14. The summed E-state index contributed by atoms with van der Waals surface area (Å²) in [6.07, 6.45) is 1.66. The number of aromatic nitrogens is 2. The summed E-state index contributed by atoms with van der Waals surface area (Å²) >= 11 is 0. The Labute approximate surface area is 211 Å². The van der Waals surface area contributed by atoms with Crippen LogP contribution in [0.15, 0.2) is 66.7 Å². The number of anilines is 1. The van der Waals surface area contributed by atoms with E-state index in [9.17, 15) is 18.8 Å². The Morgan fingerprint density at radius 3 is 2.62 bits per heavy atom. The quantitative estimate of drug-likeness (QED) is 0.270. The van der Waals surface area contributed by atoms with Crippen molar-refractivity contribution in [2.45, 2.75) is 13.5 Å². The van der Waals surface area contributed by atoms with Crippen LogP contribution in [0.5, 0.6) is 17.2 Å². The third-order valence-corrected chi connectivity index (χ3v) is 5.08. The summed E-state index contributed by atoms with van der Waals surface area (Å²) < 4.78 is 40.9. The molecule has 8 nitrogen and oxygen atoms in total. The summed E-state index contributed by atoms with van der Waals surface area (Å²) in [5, 5.41) is 12.2. The van der Waals surface area contributed by atoms with Crippen LogP contribution in [0.25, 0.3) is 22.7 Å². The number of rotatable bonds is 10. The van der Waals surface area contributed by atoms with Gasteiger partial charge in [-0.05, 0) is 55.0 Å². The number of para-hydroxylation sites is 4. The molecule has 3 aromatic carbocycles. The van der Waals surface area contributed by atoms with Crippen LogP contribution in [-0.4, -0.2) is 35.7 Å². The fourth-order valence-electron chi connectivity index (χ4n) is 3.50. The lowest BCUT2D eigenvalue weighted by Crippen LogP contribution is -2.21. The number of hydrogen-bond donors (Lipinski definition) is 2. The number of fused-ring (bicyclic) bond motifs is 1. The number of carbonyl (C=O) groups is 1. The molecule has 4 rings (SSSR count). The van der Waals surface area contributed by atoms with E-state index >= 15 is 0 Å². The summed E-state index contributed by atoms with van der Waals surface area (Å²) in [7, 11) is 0. The molecule has 0 atom stereocenters. The molecular weight excluding hydrogens is 482 g/mol. The normalized spacial score (nSPS) is 11.3. The molecule has 0 bridgehead atoms. The SMILES string of the molecule is CCOc1cc(/C=C(\C#N)c2nc3ccccc3[nH]2)ccc1OCC(=O)Nc1ccccc1OC(F)F.